The number of hydrogen-bond acceptors (Lipinski definition) is 4. The number of amides is 5. The van der Waals surface area contributed by atoms with Crippen molar-refractivity contribution in [2.45, 2.75) is 13.1 Å². The van der Waals surface area contributed by atoms with Crippen molar-refractivity contribution in [3.8, 4) is 0 Å². The highest BCUT2D eigenvalue weighted by atomic mass is 35.5. The number of halogens is 4. The topological polar surface area (TPSA) is 86.8 Å². The Morgan fingerprint density at radius 3 is 2.28 bits per heavy atom. The van der Waals surface area contributed by atoms with Crippen molar-refractivity contribution in [2.24, 2.45) is 0 Å². The van der Waals surface area contributed by atoms with Crippen LogP contribution in [0.2, 0.25) is 5.02 Å². The number of imide groups is 2. The summed E-state index contributed by atoms with van der Waals surface area (Å²) in [5.74, 6) is -3.43. The summed E-state index contributed by atoms with van der Waals surface area (Å²) in [5.41, 5.74) is -1.88. The predicted molar refractivity (Wildman–Crippen MR) is 79.6 cm³/mol. The largest absolute Gasteiger partial charge is 0.418 e. The van der Waals surface area contributed by atoms with Gasteiger partial charge in [-0.2, -0.15) is 13.2 Å². The first kappa shape index (κ1) is 18.7. The fourth-order valence-electron chi connectivity index (χ4n) is 2.18. The second-order valence-electron chi connectivity index (χ2n) is 4.93. The summed E-state index contributed by atoms with van der Waals surface area (Å²) < 4.78 is 38.9. The van der Waals surface area contributed by atoms with Crippen LogP contribution in [0.1, 0.15) is 12.5 Å². The van der Waals surface area contributed by atoms with E-state index in [9.17, 15) is 32.3 Å². The molecule has 1 heterocycles. The van der Waals surface area contributed by atoms with E-state index in [1.165, 1.54) is 6.92 Å². The van der Waals surface area contributed by atoms with Gasteiger partial charge in [-0.25, -0.2) is 9.69 Å². The molecule has 134 valence electrons. The van der Waals surface area contributed by atoms with Gasteiger partial charge in [-0.1, -0.05) is 17.7 Å². The van der Waals surface area contributed by atoms with Crippen LogP contribution >= 0.6 is 11.6 Å². The highest BCUT2D eigenvalue weighted by Crippen LogP contribution is 2.38. The van der Waals surface area contributed by atoms with Gasteiger partial charge in [0.25, 0.3) is 0 Å². The minimum Gasteiger partial charge on any atom is -0.323 e. The van der Waals surface area contributed by atoms with Crippen molar-refractivity contribution in [1.82, 2.24) is 9.80 Å². The monoisotopic (exact) mass is 377 g/mol. The maximum absolute atomic E-state index is 13.0. The van der Waals surface area contributed by atoms with Crippen LogP contribution in [-0.2, 0) is 20.6 Å². The Labute approximate surface area is 144 Å². The number of anilines is 1. The first-order valence-corrected chi connectivity index (χ1v) is 7.28. The second-order valence-corrected chi connectivity index (χ2v) is 5.34. The number of nitrogens with zero attached hydrogens (tertiary/aromatic N) is 2. The third kappa shape index (κ3) is 3.58. The Morgan fingerprint density at radius 1 is 1.16 bits per heavy atom. The van der Waals surface area contributed by atoms with E-state index in [1.54, 1.807) is 0 Å². The van der Waals surface area contributed by atoms with Gasteiger partial charge in [0.1, 0.15) is 6.54 Å². The minimum atomic E-state index is -4.78. The molecule has 0 aliphatic carbocycles. The zero-order valence-electron chi connectivity index (χ0n) is 12.7. The average molecular weight is 378 g/mol. The van der Waals surface area contributed by atoms with Crippen molar-refractivity contribution >= 4 is 41.0 Å². The number of nitrogens with one attached hydrogen (secondary N) is 1. The van der Waals surface area contributed by atoms with Crippen molar-refractivity contribution in [3.05, 3.63) is 28.8 Å². The molecule has 0 radical (unpaired) electrons. The molecule has 1 aromatic carbocycles. The number of hydrogen-bond donors (Lipinski definition) is 1. The lowest BCUT2D eigenvalue weighted by Crippen LogP contribution is -2.39. The number of para-hydroxylation sites is 1. The molecule has 5 amide bonds. The van der Waals surface area contributed by atoms with Crippen LogP contribution in [0.5, 0.6) is 0 Å². The Hall–Kier alpha value is -2.62. The Morgan fingerprint density at radius 2 is 1.76 bits per heavy atom. The van der Waals surface area contributed by atoms with Crippen molar-refractivity contribution < 1.29 is 32.3 Å². The fraction of sp³-hybridized carbons (Fsp3) is 0.286. The Balaban J connectivity index is 2.21. The summed E-state index contributed by atoms with van der Waals surface area (Å²) in [6.07, 6.45) is -4.78. The molecule has 0 unspecified atom stereocenters. The van der Waals surface area contributed by atoms with Crippen molar-refractivity contribution in [1.29, 1.82) is 0 Å². The van der Waals surface area contributed by atoms with Gasteiger partial charge in [0.05, 0.1) is 16.3 Å². The summed E-state index contributed by atoms with van der Waals surface area (Å²) in [7, 11) is 0. The highest BCUT2D eigenvalue weighted by molar-refractivity contribution is 6.45. The van der Waals surface area contributed by atoms with E-state index >= 15 is 0 Å². The predicted octanol–water partition coefficient (Wildman–Crippen LogP) is 2.11. The lowest BCUT2D eigenvalue weighted by molar-refractivity contribution is -0.143. The van der Waals surface area contributed by atoms with Gasteiger partial charge in [0.2, 0.25) is 5.91 Å². The van der Waals surface area contributed by atoms with E-state index in [2.05, 4.69) is 0 Å². The smallest absolute Gasteiger partial charge is 0.323 e. The molecule has 1 N–H and O–H groups in total. The van der Waals surface area contributed by atoms with Crippen LogP contribution in [0.15, 0.2) is 18.2 Å². The number of likely N-dealkylation sites (N-methyl/N-ethyl adjacent to an activating group) is 1. The van der Waals surface area contributed by atoms with Gasteiger partial charge in [-0.3, -0.25) is 19.3 Å². The molecule has 0 aromatic heterocycles. The molecule has 0 bridgehead atoms. The quantitative estimate of drug-likeness (QED) is 0.643. The fourth-order valence-corrected chi connectivity index (χ4v) is 2.40. The molecule has 0 saturated carbocycles. The molecular formula is C14H11ClF3N3O4. The lowest BCUT2D eigenvalue weighted by atomic mass is 10.1. The number of urea groups is 1. The first-order valence-electron chi connectivity index (χ1n) is 6.90. The molecule has 0 atom stereocenters. The standard InChI is InChI=1S/C14H11ClF3N3O4/c1-2-20-11(23)12(24)21(13(20)25)6-9(22)19-10-7(14(16,17)18)4-3-5-8(10)15/h3-5H,2,6H2,1H3,(H,19,22). The zero-order chi connectivity index (χ0) is 18.9. The number of alkyl halides is 3. The molecule has 1 aromatic rings. The molecule has 2 rings (SSSR count). The van der Waals surface area contributed by atoms with E-state index in [-0.39, 0.29) is 11.6 Å². The summed E-state index contributed by atoms with van der Waals surface area (Å²) >= 11 is 5.70. The van der Waals surface area contributed by atoms with E-state index in [4.69, 9.17) is 11.6 Å². The van der Waals surface area contributed by atoms with Crippen molar-refractivity contribution in [3.63, 3.8) is 0 Å². The summed E-state index contributed by atoms with van der Waals surface area (Å²) in [5, 5.41) is 1.57. The second kappa shape index (κ2) is 6.71. The van der Waals surface area contributed by atoms with Gasteiger partial charge in [-0.05, 0) is 19.1 Å². The molecule has 1 saturated heterocycles. The van der Waals surface area contributed by atoms with E-state index in [0.717, 1.165) is 18.2 Å². The molecule has 11 heteroatoms. The highest BCUT2D eigenvalue weighted by Gasteiger charge is 2.44. The molecular weight excluding hydrogens is 367 g/mol. The Bertz CT molecular complexity index is 766. The molecule has 0 spiro atoms. The van der Waals surface area contributed by atoms with Crippen LogP contribution < -0.4 is 5.32 Å². The molecule has 7 nitrogen and oxygen atoms in total. The van der Waals surface area contributed by atoms with Crippen LogP contribution in [0, 0.1) is 0 Å². The maximum atomic E-state index is 13.0. The number of benzene rings is 1. The third-order valence-corrected chi connectivity index (χ3v) is 3.65. The van der Waals surface area contributed by atoms with Gasteiger partial charge in [0, 0.05) is 6.54 Å². The summed E-state index contributed by atoms with van der Waals surface area (Å²) in [6.45, 7) is 0.457. The third-order valence-electron chi connectivity index (χ3n) is 3.34. The van der Waals surface area contributed by atoms with Gasteiger partial charge >= 0.3 is 24.0 Å². The van der Waals surface area contributed by atoms with Crippen LogP contribution in [0.3, 0.4) is 0 Å². The van der Waals surface area contributed by atoms with Crippen LogP contribution in [-0.4, -0.2) is 46.6 Å². The number of carbonyl (C=O) groups is 4. The number of rotatable bonds is 4. The first-order chi connectivity index (χ1) is 11.6. The summed E-state index contributed by atoms with van der Waals surface area (Å²) in [4.78, 5) is 48.1. The SMILES string of the molecule is CCN1C(=O)C(=O)N(CC(=O)Nc2c(Cl)cccc2C(F)(F)F)C1=O. The minimum absolute atomic E-state index is 0.0791. The molecule has 1 aliphatic rings. The maximum Gasteiger partial charge on any atom is 0.418 e. The lowest BCUT2D eigenvalue weighted by Gasteiger charge is -2.17. The normalized spacial score (nSPS) is 15.2. The van der Waals surface area contributed by atoms with Gasteiger partial charge in [-0.15, -0.1) is 0 Å². The van der Waals surface area contributed by atoms with E-state index in [0.29, 0.717) is 9.80 Å². The van der Waals surface area contributed by atoms with E-state index in [1.807, 2.05) is 5.32 Å². The van der Waals surface area contributed by atoms with E-state index < -0.39 is 47.7 Å². The van der Waals surface area contributed by atoms with Gasteiger partial charge in [0.15, 0.2) is 0 Å². The average Bonchev–Trinajstić information content (AvgIpc) is 2.71. The van der Waals surface area contributed by atoms with Gasteiger partial charge < -0.3 is 5.32 Å². The Kier molecular flexibility index (Phi) is 5.02. The molecule has 1 fully saturated rings. The van der Waals surface area contributed by atoms with Crippen molar-refractivity contribution in [2.75, 3.05) is 18.4 Å². The number of carbonyl (C=O) groups excluding carboxylic acids is 4. The molecule has 1 aliphatic heterocycles. The van der Waals surface area contributed by atoms with Crippen LogP contribution in [0.4, 0.5) is 23.7 Å². The molecule has 25 heavy (non-hydrogen) atoms. The van der Waals surface area contributed by atoms with Crippen LogP contribution in [0.25, 0.3) is 0 Å². The zero-order valence-corrected chi connectivity index (χ0v) is 13.4. The summed E-state index contributed by atoms with van der Waals surface area (Å²) in [6, 6.07) is 1.91.